The summed E-state index contributed by atoms with van der Waals surface area (Å²) in [4.78, 5) is 42.8. The second-order valence-electron chi connectivity index (χ2n) is 28.7. The van der Waals surface area contributed by atoms with Crippen molar-refractivity contribution in [3.8, 4) is 0 Å². The molecule has 21 nitrogen and oxygen atoms in total. The summed E-state index contributed by atoms with van der Waals surface area (Å²) >= 11 is 0. The molecule has 89 heavy (non-hydrogen) atoms. The van der Waals surface area contributed by atoms with Gasteiger partial charge in [-0.1, -0.05) is 83.1 Å². The summed E-state index contributed by atoms with van der Waals surface area (Å²) in [5, 5.41) is 71.5. The van der Waals surface area contributed by atoms with Crippen molar-refractivity contribution in [2.75, 3.05) is 0 Å². The van der Waals surface area contributed by atoms with Gasteiger partial charge in [-0.05, 0) is 104 Å². The molecule has 0 radical (unpaired) electrons. The van der Waals surface area contributed by atoms with Crippen molar-refractivity contribution in [1.29, 1.82) is 0 Å². The van der Waals surface area contributed by atoms with Crippen LogP contribution in [0, 0.1) is 52.8 Å². The van der Waals surface area contributed by atoms with Crippen molar-refractivity contribution < 1.29 is 97.1 Å². The van der Waals surface area contributed by atoms with E-state index in [0.29, 0.717) is 19.3 Å². The third-order valence-corrected chi connectivity index (χ3v) is 21.7. The number of aliphatic hydroxyl groups excluding tert-OH is 5. The zero-order chi connectivity index (χ0) is 64.5. The van der Waals surface area contributed by atoms with E-state index in [1.807, 2.05) is 46.8 Å². The van der Waals surface area contributed by atoms with E-state index in [9.17, 15) is 40.2 Å². The van der Waals surface area contributed by atoms with Gasteiger partial charge in [0, 0.05) is 74.5 Å². The van der Waals surface area contributed by atoms with Crippen LogP contribution in [0.4, 0.5) is 0 Å². The lowest BCUT2D eigenvalue weighted by molar-refractivity contribution is -0.352. The number of ether oxygens (including phenoxy) is 11. The number of esters is 1. The highest BCUT2D eigenvalue weighted by Gasteiger charge is 2.64. The minimum atomic E-state index is -1.65. The molecule has 7 fully saturated rings. The summed E-state index contributed by atoms with van der Waals surface area (Å²) in [6.07, 6.45) is 1.51. The van der Waals surface area contributed by atoms with E-state index in [2.05, 4.69) is 57.3 Å². The molecule has 21 heteroatoms. The Morgan fingerprint density at radius 2 is 1.28 bits per heavy atom. The highest BCUT2D eigenvalue weighted by Crippen LogP contribution is 2.61. The third-order valence-electron chi connectivity index (χ3n) is 21.7. The first-order chi connectivity index (χ1) is 41.9. The molecule has 0 aromatic rings. The third kappa shape index (κ3) is 13.6. The summed E-state index contributed by atoms with van der Waals surface area (Å²) in [6, 6.07) is -0.685. The largest absolute Gasteiger partial charge is 0.511 e. The monoisotopic (exact) mass is 1250 g/mol. The van der Waals surface area contributed by atoms with Crippen molar-refractivity contribution >= 4 is 17.7 Å². The number of hydrogen-bond acceptors (Lipinski definition) is 20. The average Bonchev–Trinajstić information content (AvgIpc) is 1.70. The van der Waals surface area contributed by atoms with Crippen LogP contribution in [0.5, 0.6) is 0 Å². The molecule has 10 rings (SSSR count). The maximum absolute atomic E-state index is 15.7. The van der Waals surface area contributed by atoms with E-state index in [0.717, 1.165) is 24.0 Å². The number of fused-ring (bicyclic) bond motifs is 4. The Kier molecular flexibility index (Phi) is 20.8. The fourth-order valence-corrected chi connectivity index (χ4v) is 17.3. The predicted octanol–water partition coefficient (Wildman–Crippen LogP) is 6.99. The molecule has 1 amide bonds. The minimum absolute atomic E-state index is 0.0322. The molecule has 7 N–H and O–H groups in total. The SMILES string of the molecule is CCCC1C=CC2/C=C(\C)C(OC3CC(C)(O)C(NC(C)=O)C(C)O3)C(C)/C=C(/C)C3C=CC4C(OC5CC(O)C(OC6CC(OC7CCC(O)C(C)O7)C(OC7CC(O)C(O)C(C)O7)C(C)O6)C(C)O5)C(C)CC(C)C4C3(C)/C(O)=C3\C(=O)OC2(C1)C3=O. The molecule has 2 bridgehead atoms. The summed E-state index contributed by atoms with van der Waals surface area (Å²) in [5.41, 5.74) is -3.01. The summed E-state index contributed by atoms with van der Waals surface area (Å²) in [5.74, 6) is -4.57. The zero-order valence-electron chi connectivity index (χ0n) is 54.6. The van der Waals surface area contributed by atoms with E-state index < -0.39 is 169 Å². The van der Waals surface area contributed by atoms with Gasteiger partial charge < -0.3 is 88.1 Å². The Morgan fingerprint density at radius 1 is 0.652 bits per heavy atom. The first-order valence-corrected chi connectivity index (χ1v) is 33.2. The molecule has 1 spiro atoms. The molecular formula is C68H103NO20. The second kappa shape index (κ2) is 27.1. The molecular weight excluding hydrogens is 1150 g/mol. The lowest BCUT2D eigenvalue weighted by Crippen LogP contribution is -2.62. The lowest BCUT2D eigenvalue weighted by atomic mass is 9.49. The van der Waals surface area contributed by atoms with E-state index in [1.165, 1.54) is 6.92 Å². The van der Waals surface area contributed by atoms with Gasteiger partial charge in [0.25, 0.3) is 0 Å². The first-order valence-electron chi connectivity index (χ1n) is 33.2. The van der Waals surface area contributed by atoms with Crippen molar-refractivity contribution in [2.45, 2.75) is 295 Å². The molecule has 4 aliphatic carbocycles. The maximum Gasteiger partial charge on any atom is 0.346 e. The van der Waals surface area contributed by atoms with Gasteiger partial charge in [0.05, 0.1) is 78.8 Å². The van der Waals surface area contributed by atoms with E-state index in [1.54, 1.807) is 27.7 Å². The fourth-order valence-electron chi connectivity index (χ4n) is 17.3. The molecule has 31 unspecified atom stereocenters. The van der Waals surface area contributed by atoms with Crippen molar-refractivity contribution in [1.82, 2.24) is 5.32 Å². The van der Waals surface area contributed by atoms with Gasteiger partial charge in [-0.15, -0.1) is 0 Å². The van der Waals surface area contributed by atoms with E-state index in [4.69, 9.17) is 52.1 Å². The van der Waals surface area contributed by atoms with Crippen LogP contribution in [-0.4, -0.2) is 182 Å². The number of rotatable bonds is 13. The number of carbonyl (C=O) groups is 3. The highest BCUT2D eigenvalue weighted by atomic mass is 16.8. The van der Waals surface area contributed by atoms with Gasteiger partial charge in [-0.3, -0.25) is 9.59 Å². The van der Waals surface area contributed by atoms with Gasteiger partial charge >= 0.3 is 5.97 Å². The van der Waals surface area contributed by atoms with Crippen molar-refractivity contribution in [2.24, 2.45) is 52.8 Å². The van der Waals surface area contributed by atoms with Gasteiger partial charge in [0.1, 0.15) is 29.6 Å². The minimum Gasteiger partial charge on any atom is -0.511 e. The second-order valence-corrected chi connectivity index (χ2v) is 28.7. The van der Waals surface area contributed by atoms with Crippen LogP contribution in [0.25, 0.3) is 0 Å². The number of aliphatic hydroxyl groups is 6. The molecule has 1 saturated carbocycles. The normalized spacial score (nSPS) is 51.6. The zero-order valence-corrected chi connectivity index (χ0v) is 54.6. The first kappa shape index (κ1) is 68.4. The van der Waals surface area contributed by atoms with Gasteiger partial charge in [0.2, 0.25) is 11.7 Å². The topological polar surface area (TPSA) is 286 Å². The number of nitrogens with one attached hydrogen (secondary N) is 1. The van der Waals surface area contributed by atoms with Crippen LogP contribution in [0.3, 0.4) is 0 Å². The van der Waals surface area contributed by atoms with E-state index in [-0.39, 0.29) is 78.9 Å². The smallest absolute Gasteiger partial charge is 0.346 e. The molecule has 6 heterocycles. The average molecular weight is 1250 g/mol. The summed E-state index contributed by atoms with van der Waals surface area (Å²) in [7, 11) is 0. The molecule has 6 saturated heterocycles. The van der Waals surface area contributed by atoms with Crippen LogP contribution >= 0.6 is 0 Å². The summed E-state index contributed by atoms with van der Waals surface area (Å²) in [6.45, 7) is 26.3. The van der Waals surface area contributed by atoms with Crippen molar-refractivity contribution in [3.05, 3.63) is 58.9 Å². The van der Waals surface area contributed by atoms with E-state index >= 15 is 4.79 Å². The van der Waals surface area contributed by atoms with Crippen LogP contribution in [0.1, 0.15) is 161 Å². The standard InChI is InChI=1S/C68H103NO20/c1-15-16-42-17-18-43-25-35(6)58(88-54-30-66(13,78)62(40(11)83-54)69-41(12)70)33(4)23-31(2)45-20-19-44-56(67(45,14)63(75)55-64(76)68(43,29-42)89-65(55)77)32(3)24-34(5)59(44)85-52-27-48(73)60(38(9)81-52)86-53-28-49(84-50-22-21-46(71)36(7)79-50)61(39(10)82-53)87-51-26-47(72)57(74)37(8)80-51/h17-20,23,25,32-34,36-40,42-54,56-62,71-75,78H,15-16,21-22,24,26-30H2,1-14H3,(H,69,70)/b31-23-,35-25+,63-55+. The highest BCUT2D eigenvalue weighted by molar-refractivity contribution is 6.26. The predicted molar refractivity (Wildman–Crippen MR) is 322 cm³/mol. The van der Waals surface area contributed by atoms with Crippen molar-refractivity contribution in [3.63, 3.8) is 0 Å². The van der Waals surface area contributed by atoms with Crippen LogP contribution in [0.15, 0.2) is 58.9 Å². The number of carbonyl (C=O) groups excluding carboxylic acids is 3. The summed E-state index contributed by atoms with van der Waals surface area (Å²) < 4.78 is 71.9. The number of allylic oxidation sites excluding steroid dienone is 4. The Morgan fingerprint density at radius 3 is 1.93 bits per heavy atom. The number of ketones is 1. The fraction of sp³-hybridized carbons (Fsp3) is 0.809. The Labute approximate surface area is 525 Å². The lowest BCUT2D eigenvalue weighted by Gasteiger charge is -2.57. The molecule has 6 aliphatic heterocycles. The molecule has 0 aromatic heterocycles. The quantitative estimate of drug-likeness (QED) is 0.0556. The number of Topliss-reactive ketones (excluding diaryl/α,β-unsaturated/α-hetero) is 1. The Hall–Kier alpha value is -3.49. The number of hydrogen-bond donors (Lipinski definition) is 7. The Balaban J connectivity index is 0.918. The Bertz CT molecular complexity index is 2690. The molecule has 500 valence electrons. The molecule has 10 aliphatic rings. The van der Waals surface area contributed by atoms with Gasteiger partial charge in [-0.2, -0.15) is 0 Å². The van der Waals surface area contributed by atoms with Gasteiger partial charge in [-0.25, -0.2) is 4.79 Å². The molecule has 31 atom stereocenters. The van der Waals surface area contributed by atoms with Gasteiger partial charge in [0.15, 0.2) is 37.1 Å². The van der Waals surface area contributed by atoms with Crippen LogP contribution < -0.4 is 5.32 Å². The molecule has 0 aromatic carbocycles. The van der Waals surface area contributed by atoms with Crippen LogP contribution in [-0.2, 0) is 66.5 Å². The number of amides is 1. The maximum atomic E-state index is 15.7. The van der Waals surface area contributed by atoms with Crippen LogP contribution in [0.2, 0.25) is 0 Å².